The molecule has 0 aliphatic heterocycles. The fraction of sp³-hybridized carbons (Fsp3) is 0.333. The highest BCUT2D eigenvalue weighted by atomic mass is 35.5. The summed E-state index contributed by atoms with van der Waals surface area (Å²) in [6.45, 7) is 1.39. The smallest absolute Gasteiger partial charge is 0.381 e. The molecule has 0 radical (unpaired) electrons. The minimum Gasteiger partial charge on any atom is -0.403 e. The van der Waals surface area contributed by atoms with E-state index in [1.807, 2.05) is 38.1 Å². The van der Waals surface area contributed by atoms with E-state index in [1.165, 1.54) is 23.1 Å². The van der Waals surface area contributed by atoms with Crippen LogP contribution in [0.15, 0.2) is 28.6 Å². The number of nitrogens with zero attached hydrogens (tertiary/aromatic N) is 2. The Balaban J connectivity index is 2.11. The summed E-state index contributed by atoms with van der Waals surface area (Å²) in [6, 6.07) is 9.68. The molecular formula is C15H16ClN2O3PS3. The number of benzene rings is 1. The summed E-state index contributed by atoms with van der Waals surface area (Å²) >= 11 is 14.0. The van der Waals surface area contributed by atoms with Crippen molar-refractivity contribution in [1.82, 2.24) is 4.98 Å². The summed E-state index contributed by atoms with van der Waals surface area (Å²) in [5, 5.41) is 10.0. The second kappa shape index (κ2) is 9.89. The molecule has 0 aliphatic carbocycles. The SMILES string of the molecule is CCOP(=S)(OCC)Oc1nc(SCc2ccc(Cl)cc2)sc1C#N. The predicted octanol–water partition coefficient (Wildman–Crippen LogP) is 5.64. The lowest BCUT2D eigenvalue weighted by Gasteiger charge is -2.19. The van der Waals surface area contributed by atoms with Gasteiger partial charge in [-0.1, -0.05) is 46.8 Å². The zero-order valence-corrected chi connectivity index (χ0v) is 17.7. The average molecular weight is 435 g/mol. The first-order valence-corrected chi connectivity index (χ1v) is 12.1. The van der Waals surface area contributed by atoms with Gasteiger partial charge in [0.15, 0.2) is 9.22 Å². The Labute approximate surface area is 165 Å². The molecule has 1 aromatic carbocycles. The summed E-state index contributed by atoms with van der Waals surface area (Å²) in [4.78, 5) is 4.73. The highest BCUT2D eigenvalue weighted by molar-refractivity contribution is 8.07. The van der Waals surface area contributed by atoms with Crippen LogP contribution in [-0.4, -0.2) is 18.2 Å². The highest BCUT2D eigenvalue weighted by Gasteiger charge is 2.25. The molecular weight excluding hydrogens is 419 g/mol. The lowest BCUT2D eigenvalue weighted by atomic mass is 10.2. The van der Waals surface area contributed by atoms with E-state index in [0.717, 1.165) is 9.90 Å². The van der Waals surface area contributed by atoms with E-state index in [0.29, 0.717) is 28.9 Å². The van der Waals surface area contributed by atoms with Crippen LogP contribution in [0.1, 0.15) is 24.3 Å². The standard InChI is InChI=1S/C15H16ClN2O3PS3/c1-3-19-22(23,20-4-2)21-14-13(9-17)25-15(18-14)24-10-11-5-7-12(16)8-6-11/h5-8H,3-4,10H2,1-2H3. The van der Waals surface area contributed by atoms with Crippen molar-refractivity contribution >= 4 is 53.2 Å². The third-order valence-corrected chi connectivity index (χ3v) is 7.54. The molecule has 10 heteroatoms. The van der Waals surface area contributed by atoms with E-state index < -0.39 is 6.72 Å². The fourth-order valence-electron chi connectivity index (χ4n) is 1.72. The van der Waals surface area contributed by atoms with Crippen LogP contribution in [0.5, 0.6) is 5.88 Å². The number of aromatic nitrogens is 1. The quantitative estimate of drug-likeness (QED) is 0.374. The Morgan fingerprint density at radius 1 is 1.28 bits per heavy atom. The maximum absolute atomic E-state index is 9.32. The molecule has 1 heterocycles. The van der Waals surface area contributed by atoms with Crippen LogP contribution >= 0.6 is 41.4 Å². The topological polar surface area (TPSA) is 64.4 Å². The Bertz CT molecular complexity index is 782. The molecule has 2 aromatic rings. The first kappa shape index (κ1) is 20.7. The van der Waals surface area contributed by atoms with Crippen molar-refractivity contribution in [2.75, 3.05) is 13.2 Å². The zero-order chi connectivity index (χ0) is 18.3. The van der Waals surface area contributed by atoms with Gasteiger partial charge in [-0.25, -0.2) is 0 Å². The normalized spacial score (nSPS) is 11.3. The molecule has 1 aromatic heterocycles. The van der Waals surface area contributed by atoms with Crippen LogP contribution in [0.4, 0.5) is 0 Å². The molecule has 25 heavy (non-hydrogen) atoms. The van der Waals surface area contributed by atoms with Crippen molar-refractivity contribution in [3.05, 3.63) is 39.7 Å². The highest BCUT2D eigenvalue weighted by Crippen LogP contribution is 2.51. The molecule has 5 nitrogen and oxygen atoms in total. The molecule has 0 aliphatic rings. The molecule has 0 bridgehead atoms. The van der Waals surface area contributed by atoms with Gasteiger partial charge in [0.1, 0.15) is 6.07 Å². The molecule has 2 rings (SSSR count). The Morgan fingerprint density at radius 2 is 1.92 bits per heavy atom. The van der Waals surface area contributed by atoms with Gasteiger partial charge in [0.25, 0.3) is 5.88 Å². The second-order valence-corrected chi connectivity index (χ2v) is 10.1. The Kier molecular flexibility index (Phi) is 8.17. The third kappa shape index (κ3) is 6.22. The predicted molar refractivity (Wildman–Crippen MR) is 106 cm³/mol. The van der Waals surface area contributed by atoms with Gasteiger partial charge < -0.3 is 4.52 Å². The first-order chi connectivity index (χ1) is 12.0. The van der Waals surface area contributed by atoms with Crippen LogP contribution in [0.2, 0.25) is 5.02 Å². The number of halogens is 1. The summed E-state index contributed by atoms with van der Waals surface area (Å²) in [5.41, 5.74) is 1.11. The van der Waals surface area contributed by atoms with E-state index >= 15 is 0 Å². The van der Waals surface area contributed by atoms with E-state index in [2.05, 4.69) is 11.1 Å². The van der Waals surface area contributed by atoms with Crippen molar-refractivity contribution in [3.8, 4) is 11.9 Å². The van der Waals surface area contributed by atoms with Gasteiger partial charge in [0.2, 0.25) is 0 Å². The number of hydrogen-bond donors (Lipinski definition) is 0. The van der Waals surface area contributed by atoms with Crippen molar-refractivity contribution in [2.24, 2.45) is 0 Å². The third-order valence-electron chi connectivity index (χ3n) is 2.73. The minimum atomic E-state index is -2.95. The maximum atomic E-state index is 9.32. The van der Waals surface area contributed by atoms with Crippen LogP contribution in [0, 0.1) is 11.3 Å². The number of thiazole rings is 1. The monoisotopic (exact) mass is 434 g/mol. The largest absolute Gasteiger partial charge is 0.403 e. The first-order valence-electron chi connectivity index (χ1n) is 7.36. The van der Waals surface area contributed by atoms with Gasteiger partial charge in [-0.15, -0.1) is 0 Å². The zero-order valence-electron chi connectivity index (χ0n) is 13.6. The van der Waals surface area contributed by atoms with Crippen LogP contribution < -0.4 is 4.52 Å². The van der Waals surface area contributed by atoms with E-state index in [1.54, 1.807) is 0 Å². The molecule has 0 N–H and O–H groups in total. The lowest BCUT2D eigenvalue weighted by Crippen LogP contribution is -2.02. The molecule has 0 spiro atoms. The maximum Gasteiger partial charge on any atom is 0.381 e. The average Bonchev–Trinajstić information content (AvgIpc) is 2.96. The van der Waals surface area contributed by atoms with Crippen molar-refractivity contribution in [1.29, 1.82) is 5.26 Å². The summed E-state index contributed by atoms with van der Waals surface area (Å²) in [6.07, 6.45) is 0. The van der Waals surface area contributed by atoms with Gasteiger partial charge in [0, 0.05) is 22.6 Å². The van der Waals surface area contributed by atoms with E-state index in [-0.39, 0.29) is 5.88 Å². The van der Waals surface area contributed by atoms with Crippen LogP contribution in [0.3, 0.4) is 0 Å². The molecule has 0 amide bonds. The number of hydrogen-bond acceptors (Lipinski definition) is 8. The summed E-state index contributed by atoms with van der Waals surface area (Å²) < 4.78 is 17.3. The van der Waals surface area contributed by atoms with Gasteiger partial charge >= 0.3 is 6.72 Å². The minimum absolute atomic E-state index is 0.177. The molecule has 0 atom stereocenters. The van der Waals surface area contributed by atoms with Gasteiger partial charge in [-0.3, -0.25) is 9.05 Å². The van der Waals surface area contributed by atoms with Crippen LogP contribution in [-0.2, 0) is 26.6 Å². The van der Waals surface area contributed by atoms with E-state index in [4.69, 9.17) is 37.0 Å². The van der Waals surface area contributed by atoms with Crippen molar-refractivity contribution < 1.29 is 13.6 Å². The summed E-state index contributed by atoms with van der Waals surface area (Å²) in [7, 11) is 0. The number of nitriles is 1. The molecule has 0 saturated heterocycles. The van der Waals surface area contributed by atoms with E-state index in [9.17, 15) is 5.26 Å². The molecule has 0 fully saturated rings. The molecule has 0 unspecified atom stereocenters. The molecule has 134 valence electrons. The Hall–Kier alpha value is -0.650. The number of rotatable bonds is 9. The van der Waals surface area contributed by atoms with Crippen molar-refractivity contribution in [2.45, 2.75) is 23.9 Å². The Morgan fingerprint density at radius 3 is 2.48 bits per heavy atom. The fourth-order valence-corrected chi connectivity index (χ4v) is 5.72. The molecule has 0 saturated carbocycles. The summed E-state index contributed by atoms with van der Waals surface area (Å²) in [5.74, 6) is 0.886. The van der Waals surface area contributed by atoms with Crippen molar-refractivity contribution in [3.63, 3.8) is 0 Å². The number of thioether (sulfide) groups is 1. The van der Waals surface area contributed by atoms with Crippen LogP contribution in [0.25, 0.3) is 0 Å². The second-order valence-electron chi connectivity index (χ2n) is 4.52. The van der Waals surface area contributed by atoms with Gasteiger partial charge in [-0.05, 0) is 31.5 Å². The lowest BCUT2D eigenvalue weighted by molar-refractivity contribution is 0.216. The van der Waals surface area contributed by atoms with Gasteiger partial charge in [-0.2, -0.15) is 10.2 Å². The van der Waals surface area contributed by atoms with Gasteiger partial charge in [0.05, 0.1) is 13.2 Å².